The summed E-state index contributed by atoms with van der Waals surface area (Å²) >= 11 is 0. The van der Waals surface area contributed by atoms with E-state index in [1.807, 2.05) is 0 Å². The third-order valence-electron chi connectivity index (χ3n) is 11.1. The monoisotopic (exact) mass is 725 g/mol. The van der Waals surface area contributed by atoms with Gasteiger partial charge in [-0.1, -0.05) is 200 Å². The third-order valence-corrected chi connectivity index (χ3v) is 11.1. The Morgan fingerprint density at radius 1 is 0.228 bits per heavy atom. The number of benzene rings is 10. The van der Waals surface area contributed by atoms with E-state index in [9.17, 15) is 0 Å². The second-order valence-electron chi connectivity index (χ2n) is 14.5. The molecule has 0 aliphatic rings. The van der Waals surface area contributed by atoms with Gasteiger partial charge in [0.1, 0.15) is 0 Å². The first-order chi connectivity index (χ1) is 28.3. The van der Waals surface area contributed by atoms with Crippen molar-refractivity contribution in [2.45, 2.75) is 0 Å². The number of hydrogen-bond donors (Lipinski definition) is 0. The predicted octanol–water partition coefficient (Wildman–Crippen LogP) is 15.8. The lowest BCUT2D eigenvalue weighted by atomic mass is 9.95. The lowest BCUT2D eigenvalue weighted by molar-refractivity contribution is 1.28. The first-order valence-electron chi connectivity index (χ1n) is 19.6. The number of nitrogens with zero attached hydrogens (tertiary/aromatic N) is 1. The van der Waals surface area contributed by atoms with Crippen molar-refractivity contribution in [1.29, 1.82) is 0 Å². The molecule has 0 aliphatic carbocycles. The van der Waals surface area contributed by atoms with Crippen molar-refractivity contribution in [3.63, 3.8) is 0 Å². The molecule has 1 nitrogen and oxygen atoms in total. The molecule has 0 bridgehead atoms. The number of fused-ring (bicyclic) bond motifs is 2. The van der Waals surface area contributed by atoms with Crippen LogP contribution in [-0.4, -0.2) is 0 Å². The topological polar surface area (TPSA) is 3.24 Å². The van der Waals surface area contributed by atoms with E-state index in [0.717, 1.165) is 17.1 Å². The summed E-state index contributed by atoms with van der Waals surface area (Å²) in [7, 11) is 0. The van der Waals surface area contributed by atoms with Gasteiger partial charge < -0.3 is 4.90 Å². The predicted molar refractivity (Wildman–Crippen MR) is 243 cm³/mol. The fourth-order valence-corrected chi connectivity index (χ4v) is 8.25. The molecule has 0 unspecified atom stereocenters. The molecule has 0 fully saturated rings. The van der Waals surface area contributed by atoms with Crippen LogP contribution in [0.15, 0.2) is 237 Å². The van der Waals surface area contributed by atoms with Crippen LogP contribution in [-0.2, 0) is 0 Å². The zero-order chi connectivity index (χ0) is 38.0. The van der Waals surface area contributed by atoms with Crippen LogP contribution in [0.5, 0.6) is 0 Å². The molecule has 0 aromatic heterocycles. The number of hydrogen-bond acceptors (Lipinski definition) is 1. The van der Waals surface area contributed by atoms with E-state index in [4.69, 9.17) is 0 Å². The van der Waals surface area contributed by atoms with Crippen LogP contribution in [0.3, 0.4) is 0 Å². The smallest absolute Gasteiger partial charge is 0.0540 e. The Balaban J connectivity index is 1.08. The summed E-state index contributed by atoms with van der Waals surface area (Å²) in [6.07, 6.45) is 0. The zero-order valence-electron chi connectivity index (χ0n) is 31.5. The van der Waals surface area contributed by atoms with Crippen molar-refractivity contribution < 1.29 is 0 Å². The summed E-state index contributed by atoms with van der Waals surface area (Å²) in [5.41, 5.74) is 15.3. The minimum atomic E-state index is 1.09. The maximum absolute atomic E-state index is 2.41. The van der Waals surface area contributed by atoms with E-state index in [1.165, 1.54) is 77.2 Å². The Morgan fingerprint density at radius 2 is 0.667 bits per heavy atom. The SMILES string of the molecule is c1ccc(-c2ccc(-c3ccccc3N(c3ccc(-c4cccc(-c5cccc6ccccc56)c4)cc3)c3cccc(-c4cccc5ccccc45)c3)cc2)cc1. The van der Waals surface area contributed by atoms with Gasteiger partial charge in [0.05, 0.1) is 5.69 Å². The molecule has 0 saturated carbocycles. The van der Waals surface area contributed by atoms with Gasteiger partial charge in [-0.25, -0.2) is 0 Å². The van der Waals surface area contributed by atoms with Crippen molar-refractivity contribution in [3.8, 4) is 55.6 Å². The van der Waals surface area contributed by atoms with E-state index >= 15 is 0 Å². The van der Waals surface area contributed by atoms with E-state index in [0.29, 0.717) is 0 Å². The molecule has 10 aromatic carbocycles. The van der Waals surface area contributed by atoms with Gasteiger partial charge in [0.15, 0.2) is 0 Å². The molecular formula is C56H39N. The maximum atomic E-state index is 2.41. The standard InChI is InChI=1S/C56H39N/c1-2-14-40(15-3-1)41-30-32-45(33-31-41)55-26-8-9-29-56(55)57(50-23-11-22-48(39-50)54-28-13-19-44-17-5-7-25-52(44)54)49-36-34-42(35-37-49)46-20-10-21-47(38-46)53-27-12-18-43-16-4-6-24-51(43)53/h1-39H. The van der Waals surface area contributed by atoms with Gasteiger partial charge in [-0.05, 0) is 108 Å². The Labute approximate surface area is 334 Å². The van der Waals surface area contributed by atoms with Crippen molar-refractivity contribution in [2.24, 2.45) is 0 Å². The van der Waals surface area contributed by atoms with Gasteiger partial charge in [-0.3, -0.25) is 0 Å². The molecule has 0 heterocycles. The van der Waals surface area contributed by atoms with Crippen LogP contribution < -0.4 is 4.90 Å². The number of anilines is 3. The molecule has 0 spiro atoms. The number of para-hydroxylation sites is 1. The molecule has 0 N–H and O–H groups in total. The van der Waals surface area contributed by atoms with Gasteiger partial charge in [0, 0.05) is 16.9 Å². The average molecular weight is 726 g/mol. The molecule has 0 radical (unpaired) electrons. The molecule has 1 heteroatoms. The minimum Gasteiger partial charge on any atom is -0.310 e. The van der Waals surface area contributed by atoms with Gasteiger partial charge in [-0.15, -0.1) is 0 Å². The highest BCUT2D eigenvalue weighted by Crippen LogP contribution is 2.43. The van der Waals surface area contributed by atoms with Crippen LogP contribution in [0.4, 0.5) is 17.1 Å². The molecule has 0 aliphatic heterocycles. The summed E-state index contributed by atoms with van der Waals surface area (Å²) in [6, 6.07) is 85.6. The first kappa shape index (κ1) is 34.0. The Hall–Kier alpha value is -7.48. The first-order valence-corrected chi connectivity index (χ1v) is 19.6. The van der Waals surface area contributed by atoms with Crippen molar-refractivity contribution >= 4 is 38.6 Å². The van der Waals surface area contributed by atoms with Crippen LogP contribution in [0.25, 0.3) is 77.2 Å². The van der Waals surface area contributed by atoms with Gasteiger partial charge in [-0.2, -0.15) is 0 Å². The Morgan fingerprint density at radius 3 is 1.37 bits per heavy atom. The van der Waals surface area contributed by atoms with E-state index in [2.05, 4.69) is 241 Å². The highest BCUT2D eigenvalue weighted by atomic mass is 15.1. The van der Waals surface area contributed by atoms with Gasteiger partial charge in [0.25, 0.3) is 0 Å². The normalized spacial score (nSPS) is 11.2. The van der Waals surface area contributed by atoms with Crippen LogP contribution >= 0.6 is 0 Å². The fourth-order valence-electron chi connectivity index (χ4n) is 8.25. The third kappa shape index (κ3) is 6.66. The Kier molecular flexibility index (Phi) is 8.95. The van der Waals surface area contributed by atoms with E-state index in [1.54, 1.807) is 0 Å². The van der Waals surface area contributed by atoms with Crippen LogP contribution in [0.2, 0.25) is 0 Å². The van der Waals surface area contributed by atoms with Crippen LogP contribution in [0, 0.1) is 0 Å². The molecule has 0 atom stereocenters. The highest BCUT2D eigenvalue weighted by Gasteiger charge is 2.19. The molecule has 10 aromatic rings. The van der Waals surface area contributed by atoms with Crippen LogP contribution in [0.1, 0.15) is 0 Å². The fraction of sp³-hybridized carbons (Fsp3) is 0. The molecule has 10 rings (SSSR count). The lowest BCUT2D eigenvalue weighted by Gasteiger charge is -2.28. The summed E-state index contributed by atoms with van der Waals surface area (Å²) in [4.78, 5) is 2.41. The lowest BCUT2D eigenvalue weighted by Crippen LogP contribution is -2.11. The summed E-state index contributed by atoms with van der Waals surface area (Å²) in [6.45, 7) is 0. The van der Waals surface area contributed by atoms with Crippen molar-refractivity contribution in [3.05, 3.63) is 237 Å². The van der Waals surface area contributed by atoms with Gasteiger partial charge >= 0.3 is 0 Å². The van der Waals surface area contributed by atoms with Crippen molar-refractivity contribution in [2.75, 3.05) is 4.90 Å². The molecule has 57 heavy (non-hydrogen) atoms. The molecular weight excluding hydrogens is 687 g/mol. The summed E-state index contributed by atoms with van der Waals surface area (Å²) in [5.74, 6) is 0. The summed E-state index contributed by atoms with van der Waals surface area (Å²) in [5, 5.41) is 5.00. The summed E-state index contributed by atoms with van der Waals surface area (Å²) < 4.78 is 0. The van der Waals surface area contributed by atoms with E-state index < -0.39 is 0 Å². The van der Waals surface area contributed by atoms with Gasteiger partial charge in [0.2, 0.25) is 0 Å². The Bertz CT molecular complexity index is 2990. The minimum absolute atomic E-state index is 1.09. The zero-order valence-corrected chi connectivity index (χ0v) is 31.5. The molecule has 268 valence electrons. The van der Waals surface area contributed by atoms with Crippen molar-refractivity contribution in [1.82, 2.24) is 0 Å². The maximum Gasteiger partial charge on any atom is 0.0540 e. The van der Waals surface area contributed by atoms with E-state index in [-0.39, 0.29) is 0 Å². The number of rotatable bonds is 8. The second kappa shape index (κ2) is 15.0. The molecule has 0 saturated heterocycles. The second-order valence-corrected chi connectivity index (χ2v) is 14.5. The highest BCUT2D eigenvalue weighted by molar-refractivity contribution is 5.99. The average Bonchev–Trinajstić information content (AvgIpc) is 3.30. The molecule has 0 amide bonds. The quantitative estimate of drug-likeness (QED) is 0.151. The largest absolute Gasteiger partial charge is 0.310 e.